The van der Waals surface area contributed by atoms with Gasteiger partial charge in [0.05, 0.1) is 17.6 Å². The van der Waals surface area contributed by atoms with Crippen molar-refractivity contribution in [2.75, 3.05) is 18.6 Å². The number of nitro groups is 1. The third-order valence-electron chi connectivity index (χ3n) is 2.08. The van der Waals surface area contributed by atoms with Gasteiger partial charge in [0.1, 0.15) is 12.4 Å². The molecule has 0 saturated carbocycles. The van der Waals surface area contributed by atoms with Crippen molar-refractivity contribution in [2.45, 2.75) is 13.0 Å². The third kappa shape index (κ3) is 2.59. The number of aliphatic hydroxyl groups excluding tert-OH is 1. The van der Waals surface area contributed by atoms with Crippen LogP contribution in [0.5, 0.6) is 0 Å². The molecule has 1 rings (SSSR count). The number of aliphatic hydroxyl groups is 1. The predicted molar refractivity (Wildman–Crippen MR) is 53.6 cm³/mol. The monoisotopic (exact) mass is 212 g/mol. The van der Waals surface area contributed by atoms with E-state index in [4.69, 9.17) is 5.11 Å². The Morgan fingerprint density at radius 1 is 1.60 bits per heavy atom. The molecule has 0 amide bonds. The van der Waals surface area contributed by atoms with Gasteiger partial charge in [0, 0.05) is 7.05 Å². The van der Waals surface area contributed by atoms with E-state index < -0.39 is 4.92 Å². The topological polar surface area (TPSA) is 92.4 Å². The van der Waals surface area contributed by atoms with Crippen LogP contribution in [0.1, 0.15) is 6.92 Å². The Morgan fingerprint density at radius 2 is 2.13 bits per heavy atom. The summed E-state index contributed by atoms with van der Waals surface area (Å²) in [6.07, 6.45) is 2.28. The summed E-state index contributed by atoms with van der Waals surface area (Å²) in [5.74, 6) is 0.349. The molecule has 1 N–H and O–H groups in total. The SMILES string of the molecule is CC(CO)N(C)c1ncc([N+](=O)[O-])cn1. The Kier molecular flexibility index (Phi) is 3.51. The molecule has 82 valence electrons. The van der Waals surface area contributed by atoms with Crippen molar-refractivity contribution < 1.29 is 10.0 Å². The molecule has 15 heavy (non-hydrogen) atoms. The first kappa shape index (κ1) is 11.3. The zero-order valence-corrected chi connectivity index (χ0v) is 8.49. The van der Waals surface area contributed by atoms with E-state index in [0.717, 1.165) is 12.4 Å². The van der Waals surface area contributed by atoms with Gasteiger partial charge in [0.15, 0.2) is 0 Å². The average molecular weight is 212 g/mol. The zero-order valence-electron chi connectivity index (χ0n) is 8.49. The van der Waals surface area contributed by atoms with E-state index in [2.05, 4.69) is 9.97 Å². The Balaban J connectivity index is 2.84. The molecule has 7 nitrogen and oxygen atoms in total. The first-order valence-corrected chi connectivity index (χ1v) is 4.36. The van der Waals surface area contributed by atoms with Crippen LogP contribution in [0, 0.1) is 10.1 Å². The maximum Gasteiger partial charge on any atom is 0.305 e. The highest BCUT2D eigenvalue weighted by Gasteiger charge is 2.13. The summed E-state index contributed by atoms with van der Waals surface area (Å²) in [6, 6.07) is -0.133. The molecule has 1 unspecified atom stereocenters. The summed E-state index contributed by atoms with van der Waals surface area (Å²) >= 11 is 0. The van der Waals surface area contributed by atoms with Crippen LogP contribution in [0.3, 0.4) is 0 Å². The van der Waals surface area contributed by atoms with Gasteiger partial charge in [-0.2, -0.15) is 0 Å². The van der Waals surface area contributed by atoms with Crippen molar-refractivity contribution in [1.29, 1.82) is 0 Å². The summed E-state index contributed by atoms with van der Waals surface area (Å²) in [6.45, 7) is 1.77. The Hall–Kier alpha value is -1.76. The third-order valence-corrected chi connectivity index (χ3v) is 2.08. The maximum atomic E-state index is 10.3. The number of aromatic nitrogens is 2. The second-order valence-corrected chi connectivity index (χ2v) is 3.14. The highest BCUT2D eigenvalue weighted by atomic mass is 16.6. The summed E-state index contributed by atoms with van der Waals surface area (Å²) < 4.78 is 0. The van der Waals surface area contributed by atoms with Crippen molar-refractivity contribution in [1.82, 2.24) is 9.97 Å². The number of hydrogen-bond donors (Lipinski definition) is 1. The van der Waals surface area contributed by atoms with E-state index >= 15 is 0 Å². The van der Waals surface area contributed by atoms with Crippen LogP contribution in [-0.2, 0) is 0 Å². The first-order chi connectivity index (χ1) is 7.06. The lowest BCUT2D eigenvalue weighted by Crippen LogP contribution is -2.33. The fourth-order valence-electron chi connectivity index (χ4n) is 0.910. The van der Waals surface area contributed by atoms with Crippen LogP contribution in [0.2, 0.25) is 0 Å². The lowest BCUT2D eigenvalue weighted by molar-refractivity contribution is -0.385. The van der Waals surface area contributed by atoms with Gasteiger partial charge >= 0.3 is 5.69 Å². The molecule has 0 aliphatic heterocycles. The Morgan fingerprint density at radius 3 is 2.53 bits per heavy atom. The van der Waals surface area contributed by atoms with E-state index in [9.17, 15) is 10.1 Å². The number of anilines is 1. The van der Waals surface area contributed by atoms with Gasteiger partial charge < -0.3 is 10.0 Å². The summed E-state index contributed by atoms with van der Waals surface area (Å²) in [5, 5.41) is 19.2. The minimum absolute atomic E-state index is 0.0309. The molecule has 0 fully saturated rings. The zero-order chi connectivity index (χ0) is 11.4. The molecule has 1 aromatic heterocycles. The number of hydrogen-bond acceptors (Lipinski definition) is 6. The summed E-state index contributed by atoms with van der Waals surface area (Å²) in [5.41, 5.74) is -0.149. The predicted octanol–water partition coefficient (Wildman–Crippen LogP) is 0.202. The largest absolute Gasteiger partial charge is 0.394 e. The minimum Gasteiger partial charge on any atom is -0.394 e. The van der Waals surface area contributed by atoms with Gasteiger partial charge in [-0.15, -0.1) is 0 Å². The van der Waals surface area contributed by atoms with Crippen molar-refractivity contribution in [3.63, 3.8) is 0 Å². The van der Waals surface area contributed by atoms with Gasteiger partial charge in [-0.3, -0.25) is 10.1 Å². The minimum atomic E-state index is -0.556. The van der Waals surface area contributed by atoms with Crippen LogP contribution < -0.4 is 4.90 Å². The van der Waals surface area contributed by atoms with Crippen molar-refractivity contribution in [3.05, 3.63) is 22.5 Å². The molecule has 7 heteroatoms. The molecule has 0 aliphatic carbocycles. The second kappa shape index (κ2) is 4.65. The number of nitrogens with zero attached hydrogens (tertiary/aromatic N) is 4. The average Bonchev–Trinajstić information content (AvgIpc) is 2.27. The van der Waals surface area contributed by atoms with Gasteiger partial charge in [-0.25, -0.2) is 9.97 Å². The molecular weight excluding hydrogens is 200 g/mol. The van der Waals surface area contributed by atoms with E-state index in [-0.39, 0.29) is 18.3 Å². The van der Waals surface area contributed by atoms with Crippen molar-refractivity contribution in [2.24, 2.45) is 0 Å². The Bertz CT molecular complexity index is 340. The van der Waals surface area contributed by atoms with Crippen LogP contribution in [0.25, 0.3) is 0 Å². The molecule has 0 aliphatic rings. The summed E-state index contributed by atoms with van der Waals surface area (Å²) in [7, 11) is 1.71. The highest BCUT2D eigenvalue weighted by molar-refractivity contribution is 5.33. The van der Waals surface area contributed by atoms with E-state index in [1.54, 1.807) is 18.9 Å². The van der Waals surface area contributed by atoms with Crippen LogP contribution in [0.15, 0.2) is 12.4 Å². The normalized spacial score (nSPS) is 12.2. The molecule has 0 radical (unpaired) electrons. The number of likely N-dealkylation sites (N-methyl/N-ethyl adjacent to an activating group) is 1. The summed E-state index contributed by atoms with van der Waals surface area (Å²) in [4.78, 5) is 19.1. The standard InChI is InChI=1S/C8H12N4O3/c1-6(5-13)11(2)8-9-3-7(4-10-8)12(14)15/h3-4,6,13H,5H2,1-2H3. The first-order valence-electron chi connectivity index (χ1n) is 4.36. The van der Waals surface area contributed by atoms with Crippen molar-refractivity contribution in [3.8, 4) is 0 Å². The fraction of sp³-hybridized carbons (Fsp3) is 0.500. The van der Waals surface area contributed by atoms with Crippen LogP contribution >= 0.6 is 0 Å². The van der Waals surface area contributed by atoms with E-state index in [0.29, 0.717) is 5.95 Å². The molecule has 0 bridgehead atoms. The lowest BCUT2D eigenvalue weighted by atomic mass is 10.3. The van der Waals surface area contributed by atoms with E-state index in [1.807, 2.05) is 0 Å². The fourth-order valence-corrected chi connectivity index (χ4v) is 0.910. The van der Waals surface area contributed by atoms with Gasteiger partial charge in [-0.1, -0.05) is 0 Å². The van der Waals surface area contributed by atoms with Gasteiger partial charge in [0.25, 0.3) is 0 Å². The smallest absolute Gasteiger partial charge is 0.305 e. The molecule has 1 atom stereocenters. The van der Waals surface area contributed by atoms with E-state index in [1.165, 1.54) is 0 Å². The maximum absolute atomic E-state index is 10.3. The van der Waals surface area contributed by atoms with Crippen LogP contribution in [-0.4, -0.2) is 39.7 Å². The molecule has 1 aromatic rings. The lowest BCUT2D eigenvalue weighted by Gasteiger charge is -2.22. The number of rotatable bonds is 4. The molecule has 0 aromatic carbocycles. The van der Waals surface area contributed by atoms with Crippen LogP contribution in [0.4, 0.5) is 11.6 Å². The molecule has 0 saturated heterocycles. The molecular formula is C8H12N4O3. The Labute approximate surface area is 86.5 Å². The molecule has 0 spiro atoms. The quantitative estimate of drug-likeness (QED) is 0.566. The van der Waals surface area contributed by atoms with Gasteiger partial charge in [-0.05, 0) is 6.92 Å². The van der Waals surface area contributed by atoms with Crippen molar-refractivity contribution >= 4 is 11.6 Å². The molecule has 1 heterocycles. The van der Waals surface area contributed by atoms with Gasteiger partial charge in [0.2, 0.25) is 5.95 Å². The highest BCUT2D eigenvalue weighted by Crippen LogP contribution is 2.12. The second-order valence-electron chi connectivity index (χ2n) is 3.14.